The Kier molecular flexibility index (Phi) is 6.57. The van der Waals surface area contributed by atoms with Gasteiger partial charge in [-0.3, -0.25) is 0 Å². The van der Waals surface area contributed by atoms with Crippen LogP contribution in [0.5, 0.6) is 0 Å². The van der Waals surface area contributed by atoms with Crippen molar-refractivity contribution in [2.45, 2.75) is 12.8 Å². The number of oxazole rings is 1. The van der Waals surface area contributed by atoms with Crippen molar-refractivity contribution in [3.63, 3.8) is 0 Å². The fourth-order valence-corrected chi connectivity index (χ4v) is 5.51. The van der Waals surface area contributed by atoms with Crippen LogP contribution in [-0.4, -0.2) is 35.1 Å². The molecule has 1 fully saturated rings. The highest BCUT2D eigenvalue weighted by atomic mass is 16.3. The minimum Gasteiger partial charge on any atom is -0.437 e. The first-order valence-electron chi connectivity index (χ1n) is 14.1. The minimum absolute atomic E-state index is 0.574. The number of rotatable bonds is 7. The zero-order valence-electron chi connectivity index (χ0n) is 23.0. The van der Waals surface area contributed by atoms with Gasteiger partial charge in [-0.05, 0) is 60.9 Å². The van der Waals surface area contributed by atoms with E-state index >= 15 is 0 Å². The van der Waals surface area contributed by atoms with Gasteiger partial charge in [-0.15, -0.1) is 0 Å². The highest BCUT2D eigenvalue weighted by Gasteiger charge is 2.18. The largest absolute Gasteiger partial charge is 0.437 e. The number of hydrogen-bond donors (Lipinski definition) is 2. The van der Waals surface area contributed by atoms with E-state index in [9.17, 15) is 0 Å². The Morgan fingerprint density at radius 1 is 0.780 bits per heavy atom. The molecule has 0 saturated carbocycles. The quantitative estimate of drug-likeness (QED) is 0.214. The summed E-state index contributed by atoms with van der Waals surface area (Å²) in [6.45, 7) is 2.26. The van der Waals surface area contributed by atoms with E-state index in [0.29, 0.717) is 5.89 Å². The third-order valence-electron chi connectivity index (χ3n) is 7.71. The first-order chi connectivity index (χ1) is 20.2. The first-order valence-corrected chi connectivity index (χ1v) is 14.1. The molecule has 0 aliphatic carbocycles. The Morgan fingerprint density at radius 3 is 2.29 bits per heavy atom. The van der Waals surface area contributed by atoms with Crippen LogP contribution in [0.4, 0.5) is 11.4 Å². The van der Waals surface area contributed by atoms with Crippen molar-refractivity contribution in [2.75, 3.05) is 30.4 Å². The summed E-state index contributed by atoms with van der Waals surface area (Å²) in [6, 6.07) is 33.3. The number of imidazole rings is 1. The number of nitrogens with zero attached hydrogens (tertiary/aromatic N) is 3. The lowest BCUT2D eigenvalue weighted by Gasteiger charge is -2.17. The molecule has 0 atom stereocenters. The number of fused-ring (bicyclic) bond motifs is 1. The van der Waals surface area contributed by atoms with Crippen molar-refractivity contribution in [1.29, 1.82) is 0 Å². The van der Waals surface area contributed by atoms with Gasteiger partial charge in [0.1, 0.15) is 11.3 Å². The molecule has 2 aromatic heterocycles. The van der Waals surface area contributed by atoms with Gasteiger partial charge in [0.2, 0.25) is 5.89 Å². The van der Waals surface area contributed by atoms with Gasteiger partial charge in [-0.2, -0.15) is 0 Å². The molecule has 6 aromatic rings. The third-order valence-corrected chi connectivity index (χ3v) is 7.71. The van der Waals surface area contributed by atoms with E-state index in [4.69, 9.17) is 9.40 Å². The van der Waals surface area contributed by atoms with Crippen LogP contribution in [0.15, 0.2) is 101 Å². The van der Waals surface area contributed by atoms with Crippen molar-refractivity contribution in [3.05, 3.63) is 109 Å². The van der Waals surface area contributed by atoms with Crippen molar-refractivity contribution >= 4 is 34.6 Å². The summed E-state index contributed by atoms with van der Waals surface area (Å²) in [5.74, 6) is 1.39. The van der Waals surface area contributed by atoms with Crippen LogP contribution in [0, 0.1) is 0 Å². The normalized spacial score (nSPS) is 13.4. The number of benzene rings is 4. The van der Waals surface area contributed by atoms with Crippen molar-refractivity contribution in [2.24, 2.45) is 0 Å². The average Bonchev–Trinajstić information content (AvgIpc) is 3.80. The van der Waals surface area contributed by atoms with Crippen LogP contribution in [0.2, 0.25) is 0 Å². The molecule has 202 valence electrons. The summed E-state index contributed by atoms with van der Waals surface area (Å²) >= 11 is 0. The fraction of sp³-hybridized carbons (Fsp3) is 0.143. The molecule has 1 aliphatic rings. The molecule has 6 nitrogen and oxygen atoms in total. The number of aromatic amines is 1. The zero-order chi connectivity index (χ0) is 27.6. The summed E-state index contributed by atoms with van der Waals surface area (Å²) in [5.41, 5.74) is 10.1. The summed E-state index contributed by atoms with van der Waals surface area (Å²) in [5, 5.41) is 3.21. The molecule has 2 N–H and O–H groups in total. The molecule has 1 aliphatic heterocycles. The van der Waals surface area contributed by atoms with Crippen molar-refractivity contribution < 1.29 is 4.42 Å². The van der Waals surface area contributed by atoms with Crippen LogP contribution in [0.1, 0.15) is 24.3 Å². The summed E-state index contributed by atoms with van der Waals surface area (Å²) in [4.78, 5) is 15.9. The number of H-pyrrole nitrogens is 1. The van der Waals surface area contributed by atoms with Gasteiger partial charge >= 0.3 is 0 Å². The monoisotopic (exact) mass is 537 g/mol. The summed E-state index contributed by atoms with van der Waals surface area (Å²) in [6.07, 6.45) is 6.48. The third kappa shape index (κ3) is 5.00. The lowest BCUT2D eigenvalue weighted by Crippen LogP contribution is -2.17. The van der Waals surface area contributed by atoms with Gasteiger partial charge in [0, 0.05) is 54.3 Å². The van der Waals surface area contributed by atoms with Gasteiger partial charge in [0.05, 0.1) is 11.4 Å². The maximum atomic E-state index is 5.91. The Labute approximate surface area is 239 Å². The highest BCUT2D eigenvalue weighted by Crippen LogP contribution is 2.36. The van der Waals surface area contributed by atoms with Crippen molar-refractivity contribution in [1.82, 2.24) is 15.0 Å². The minimum atomic E-state index is 0.574. The summed E-state index contributed by atoms with van der Waals surface area (Å²) in [7, 11) is 1.93. The number of para-hydroxylation sites is 2. The van der Waals surface area contributed by atoms with E-state index in [2.05, 4.69) is 80.8 Å². The molecule has 0 amide bonds. The molecule has 0 unspecified atom stereocenters. The highest BCUT2D eigenvalue weighted by molar-refractivity contribution is 5.85. The van der Waals surface area contributed by atoms with Gasteiger partial charge in [-0.1, -0.05) is 60.7 Å². The number of aromatic nitrogens is 3. The molecule has 0 spiro atoms. The molecule has 7 rings (SSSR count). The molecule has 0 radical (unpaired) electrons. The molecular formula is C35H31N5O. The van der Waals surface area contributed by atoms with Crippen LogP contribution in [0.25, 0.3) is 57.2 Å². The van der Waals surface area contributed by atoms with E-state index in [1.807, 2.05) is 55.6 Å². The van der Waals surface area contributed by atoms with Gasteiger partial charge < -0.3 is 19.6 Å². The fourth-order valence-electron chi connectivity index (χ4n) is 5.51. The molecule has 4 aromatic carbocycles. The molecule has 0 bridgehead atoms. The second-order valence-corrected chi connectivity index (χ2v) is 10.3. The predicted octanol–water partition coefficient (Wildman–Crippen LogP) is 8.36. The van der Waals surface area contributed by atoms with Crippen LogP contribution < -0.4 is 10.2 Å². The average molecular weight is 538 g/mol. The van der Waals surface area contributed by atoms with Gasteiger partial charge in [-0.25, -0.2) is 9.97 Å². The van der Waals surface area contributed by atoms with Gasteiger partial charge in [0.15, 0.2) is 5.58 Å². The Morgan fingerprint density at radius 2 is 1.51 bits per heavy atom. The maximum absolute atomic E-state index is 5.91. The standard InChI is InChI=1S/C35H31N5O/c1-36-27-17-12-25(13-18-27)33-34(26-14-19-28(20-15-26)40-22-6-7-23-40)39-35(38-33)29-9-3-2-8-24(29)16-21-32-37-30-10-4-5-11-31(30)41-32/h2-5,8-21,36H,6-7,22-23H2,1H3,(H,38,39)/b21-16+. The maximum Gasteiger partial charge on any atom is 0.220 e. The summed E-state index contributed by atoms with van der Waals surface area (Å²) < 4.78 is 5.91. The molecular weight excluding hydrogens is 506 g/mol. The number of anilines is 2. The van der Waals surface area contributed by atoms with E-state index in [0.717, 1.165) is 69.3 Å². The second-order valence-electron chi connectivity index (χ2n) is 10.3. The topological polar surface area (TPSA) is 70.0 Å². The smallest absolute Gasteiger partial charge is 0.220 e. The van der Waals surface area contributed by atoms with E-state index in [-0.39, 0.29) is 0 Å². The second kappa shape index (κ2) is 10.8. The Bertz CT molecular complexity index is 1790. The first kappa shape index (κ1) is 24.9. The molecule has 41 heavy (non-hydrogen) atoms. The SMILES string of the molecule is CNc1ccc(-c2nc(-c3ccccc3/C=C/c3nc4ccccc4o3)[nH]c2-c2ccc(N3CCCC3)cc2)cc1. The lowest BCUT2D eigenvalue weighted by molar-refractivity contribution is 0.590. The number of nitrogens with one attached hydrogen (secondary N) is 2. The van der Waals surface area contributed by atoms with Crippen LogP contribution >= 0.6 is 0 Å². The van der Waals surface area contributed by atoms with Gasteiger partial charge in [0.25, 0.3) is 0 Å². The number of hydrogen-bond acceptors (Lipinski definition) is 5. The van der Waals surface area contributed by atoms with Crippen LogP contribution in [-0.2, 0) is 0 Å². The van der Waals surface area contributed by atoms with E-state index in [1.54, 1.807) is 0 Å². The molecule has 6 heteroatoms. The predicted molar refractivity (Wildman–Crippen MR) is 169 cm³/mol. The van der Waals surface area contributed by atoms with E-state index < -0.39 is 0 Å². The molecule has 1 saturated heterocycles. The van der Waals surface area contributed by atoms with Crippen molar-refractivity contribution in [3.8, 4) is 33.9 Å². The van der Waals surface area contributed by atoms with E-state index in [1.165, 1.54) is 18.5 Å². The Balaban J connectivity index is 1.28. The zero-order valence-corrected chi connectivity index (χ0v) is 23.0. The Hall–Kier alpha value is -5.10. The van der Waals surface area contributed by atoms with Crippen LogP contribution in [0.3, 0.4) is 0 Å². The lowest BCUT2D eigenvalue weighted by atomic mass is 10.0. The molecule has 3 heterocycles.